The zero-order chi connectivity index (χ0) is 9.14. The molecule has 0 saturated carbocycles. The van der Waals surface area contributed by atoms with Crippen LogP contribution in [0.3, 0.4) is 0 Å². The van der Waals surface area contributed by atoms with Crippen molar-refractivity contribution in [3.05, 3.63) is 24.0 Å². The Morgan fingerprint density at radius 1 is 1.75 bits per heavy atom. The summed E-state index contributed by atoms with van der Waals surface area (Å²) in [5, 5.41) is 7.50. The van der Waals surface area contributed by atoms with E-state index in [0.29, 0.717) is 17.7 Å². The van der Waals surface area contributed by atoms with E-state index in [9.17, 15) is 4.79 Å². The fourth-order valence-corrected chi connectivity index (χ4v) is 0.792. The lowest BCUT2D eigenvalue weighted by Crippen LogP contribution is -2.03. The number of aryl methyl sites for hydroxylation is 1. The maximum absolute atomic E-state index is 11.1. The van der Waals surface area contributed by atoms with E-state index >= 15 is 0 Å². The first-order valence-electron chi connectivity index (χ1n) is 3.63. The highest BCUT2D eigenvalue weighted by Crippen LogP contribution is 1.99. The number of nitrogens with zero attached hydrogens (tertiary/aromatic N) is 3. The van der Waals surface area contributed by atoms with Gasteiger partial charge in [0.15, 0.2) is 5.78 Å². The highest BCUT2D eigenvalue weighted by atomic mass is 16.1. The fraction of sp³-hybridized carbons (Fsp3) is 0.375. The number of carbonyl (C=O) groups is 1. The quantitative estimate of drug-likeness (QED) is 0.613. The first-order chi connectivity index (χ1) is 5.59. The van der Waals surface area contributed by atoms with Crippen LogP contribution in [0.1, 0.15) is 12.6 Å². The van der Waals surface area contributed by atoms with Crippen molar-refractivity contribution in [3.63, 3.8) is 0 Å². The largest absolute Gasteiger partial charge is 0.294 e. The van der Waals surface area contributed by atoms with Gasteiger partial charge in [0.25, 0.3) is 0 Å². The van der Waals surface area contributed by atoms with Crippen LogP contribution < -0.4 is 0 Å². The van der Waals surface area contributed by atoms with Gasteiger partial charge in [0.1, 0.15) is 0 Å². The zero-order valence-electron chi connectivity index (χ0n) is 7.24. The third-order valence-electron chi connectivity index (χ3n) is 1.47. The van der Waals surface area contributed by atoms with Gasteiger partial charge in [-0.1, -0.05) is 11.8 Å². The molecule has 0 aliphatic rings. The summed E-state index contributed by atoms with van der Waals surface area (Å²) in [5.74, 6) is 0.00972. The van der Waals surface area contributed by atoms with Gasteiger partial charge in [-0.05, 0) is 12.5 Å². The molecule has 1 aromatic rings. The molecule has 0 bridgehead atoms. The van der Waals surface area contributed by atoms with E-state index in [1.807, 2.05) is 0 Å². The maximum atomic E-state index is 11.1. The molecule has 0 radical (unpaired) electrons. The summed E-state index contributed by atoms with van der Waals surface area (Å²) in [7, 11) is 1.77. The minimum absolute atomic E-state index is 0.00972. The number of carbonyl (C=O) groups excluding carboxylic acids is 1. The van der Waals surface area contributed by atoms with Crippen LogP contribution in [0.15, 0.2) is 18.3 Å². The number of hydrogen-bond donors (Lipinski definition) is 0. The van der Waals surface area contributed by atoms with E-state index in [-0.39, 0.29) is 5.78 Å². The van der Waals surface area contributed by atoms with E-state index < -0.39 is 0 Å². The van der Waals surface area contributed by atoms with E-state index in [1.165, 1.54) is 0 Å². The Hall–Kier alpha value is -1.45. The Balaban J connectivity index is 2.64. The number of Topliss-reactive ketones (excluding diaryl/α,β-unsaturated/α-hetero) is 1. The third-order valence-corrected chi connectivity index (χ3v) is 1.47. The van der Waals surface area contributed by atoms with Crippen molar-refractivity contribution in [1.82, 2.24) is 15.0 Å². The van der Waals surface area contributed by atoms with E-state index in [0.717, 1.165) is 0 Å². The number of allylic oxidation sites excluding steroid dienone is 1. The molecule has 1 aromatic heterocycles. The molecule has 0 saturated heterocycles. The SMILES string of the molecule is C=C(C)C(=O)Cc1cn(C)nn1. The zero-order valence-corrected chi connectivity index (χ0v) is 7.24. The van der Waals surface area contributed by atoms with Crippen LogP contribution in [-0.4, -0.2) is 20.8 Å². The second-order valence-corrected chi connectivity index (χ2v) is 2.76. The summed E-state index contributed by atoms with van der Waals surface area (Å²) in [4.78, 5) is 11.1. The van der Waals surface area contributed by atoms with E-state index in [1.54, 1.807) is 24.9 Å². The highest BCUT2D eigenvalue weighted by molar-refractivity contribution is 5.95. The molecule has 1 rings (SSSR count). The molecule has 1 heterocycles. The van der Waals surface area contributed by atoms with E-state index in [4.69, 9.17) is 0 Å². The normalized spacial score (nSPS) is 9.83. The van der Waals surface area contributed by atoms with Crippen LogP contribution in [0.25, 0.3) is 0 Å². The van der Waals surface area contributed by atoms with Crippen LogP contribution in [-0.2, 0) is 18.3 Å². The first-order valence-corrected chi connectivity index (χ1v) is 3.63. The highest BCUT2D eigenvalue weighted by Gasteiger charge is 2.06. The molecule has 64 valence electrons. The van der Waals surface area contributed by atoms with Crippen LogP contribution in [0.4, 0.5) is 0 Å². The second-order valence-electron chi connectivity index (χ2n) is 2.76. The molecule has 0 spiro atoms. The molecule has 0 amide bonds. The van der Waals surface area contributed by atoms with Crippen molar-refractivity contribution in [2.45, 2.75) is 13.3 Å². The summed E-state index contributed by atoms with van der Waals surface area (Å²) in [5.41, 5.74) is 1.24. The first kappa shape index (κ1) is 8.64. The van der Waals surface area contributed by atoms with Gasteiger partial charge in [0, 0.05) is 13.2 Å². The van der Waals surface area contributed by atoms with Gasteiger partial charge < -0.3 is 0 Å². The van der Waals surface area contributed by atoms with Gasteiger partial charge in [-0.3, -0.25) is 9.48 Å². The number of ketones is 1. The molecule has 0 fully saturated rings. The monoisotopic (exact) mass is 165 g/mol. The number of rotatable bonds is 3. The number of hydrogen-bond acceptors (Lipinski definition) is 3. The Bertz CT molecular complexity index is 314. The lowest BCUT2D eigenvalue weighted by atomic mass is 10.1. The van der Waals surface area contributed by atoms with Crippen molar-refractivity contribution in [1.29, 1.82) is 0 Å². The minimum Gasteiger partial charge on any atom is -0.294 e. The van der Waals surface area contributed by atoms with Gasteiger partial charge in [-0.25, -0.2) is 0 Å². The summed E-state index contributed by atoms with van der Waals surface area (Å²) < 4.78 is 1.57. The van der Waals surface area contributed by atoms with Crippen LogP contribution in [0.5, 0.6) is 0 Å². The second kappa shape index (κ2) is 3.30. The topological polar surface area (TPSA) is 47.8 Å². The number of aromatic nitrogens is 3. The van der Waals surface area contributed by atoms with Gasteiger partial charge in [0.2, 0.25) is 0 Å². The van der Waals surface area contributed by atoms with E-state index in [2.05, 4.69) is 16.9 Å². The molecular formula is C8H11N3O. The van der Waals surface area contributed by atoms with Gasteiger partial charge >= 0.3 is 0 Å². The summed E-state index contributed by atoms with van der Waals surface area (Å²) >= 11 is 0. The van der Waals surface area contributed by atoms with Crippen LogP contribution >= 0.6 is 0 Å². The summed E-state index contributed by atoms with van der Waals surface area (Å²) in [6, 6.07) is 0. The molecule has 0 aliphatic carbocycles. The Labute approximate surface area is 70.9 Å². The minimum atomic E-state index is 0.00972. The molecule has 0 atom stereocenters. The van der Waals surface area contributed by atoms with Crippen molar-refractivity contribution < 1.29 is 4.79 Å². The average molecular weight is 165 g/mol. The molecular weight excluding hydrogens is 154 g/mol. The third kappa shape index (κ3) is 2.02. The predicted octanol–water partition coefficient (Wildman–Crippen LogP) is 0.503. The summed E-state index contributed by atoms with van der Waals surface area (Å²) in [6.45, 7) is 5.25. The lowest BCUT2D eigenvalue weighted by molar-refractivity contribution is -0.114. The van der Waals surface area contributed by atoms with Crippen molar-refractivity contribution >= 4 is 5.78 Å². The van der Waals surface area contributed by atoms with Crippen molar-refractivity contribution in [2.75, 3.05) is 0 Å². The van der Waals surface area contributed by atoms with Gasteiger partial charge in [0.05, 0.1) is 12.1 Å². The molecule has 0 aromatic carbocycles. The fourth-order valence-electron chi connectivity index (χ4n) is 0.792. The molecule has 12 heavy (non-hydrogen) atoms. The molecule has 4 nitrogen and oxygen atoms in total. The Morgan fingerprint density at radius 3 is 2.83 bits per heavy atom. The predicted molar refractivity (Wildman–Crippen MR) is 44.5 cm³/mol. The molecule has 0 N–H and O–H groups in total. The van der Waals surface area contributed by atoms with Crippen LogP contribution in [0, 0.1) is 0 Å². The maximum Gasteiger partial charge on any atom is 0.164 e. The standard InChI is InChI=1S/C8H11N3O/c1-6(2)8(12)4-7-5-11(3)10-9-7/h5H,1,4H2,2-3H3. The smallest absolute Gasteiger partial charge is 0.164 e. The molecule has 0 aliphatic heterocycles. The van der Waals surface area contributed by atoms with Crippen molar-refractivity contribution in [3.8, 4) is 0 Å². The lowest BCUT2D eigenvalue weighted by Gasteiger charge is -1.93. The van der Waals surface area contributed by atoms with Crippen LogP contribution in [0.2, 0.25) is 0 Å². The van der Waals surface area contributed by atoms with Gasteiger partial charge in [-0.2, -0.15) is 0 Å². The van der Waals surface area contributed by atoms with Gasteiger partial charge in [-0.15, -0.1) is 5.10 Å². The Kier molecular flexibility index (Phi) is 2.38. The van der Waals surface area contributed by atoms with Crippen molar-refractivity contribution in [2.24, 2.45) is 7.05 Å². The molecule has 0 unspecified atom stereocenters. The summed E-state index contributed by atoms with van der Waals surface area (Å²) in [6.07, 6.45) is 2.02. The Morgan fingerprint density at radius 2 is 2.42 bits per heavy atom. The molecule has 4 heteroatoms. The average Bonchev–Trinajstić information content (AvgIpc) is 2.35.